The van der Waals surface area contributed by atoms with Crippen LogP contribution in [-0.2, 0) is 41.6 Å². The zero-order valence-electron chi connectivity index (χ0n) is 39.4. The number of pyridine rings is 1. The number of fused-ring (bicyclic) bond motifs is 1. The minimum absolute atomic E-state index is 0.0178. The molecule has 1 saturated carbocycles. The minimum atomic E-state index is -0.707. The van der Waals surface area contributed by atoms with Crippen molar-refractivity contribution in [2.24, 2.45) is 16.8 Å². The topological polar surface area (TPSA) is 175 Å². The van der Waals surface area contributed by atoms with E-state index in [1.165, 1.54) is 17.1 Å². The number of hydrogen-bond acceptors (Lipinski definition) is 9. The molecule has 13 nitrogen and oxygen atoms in total. The summed E-state index contributed by atoms with van der Waals surface area (Å²) in [5, 5.41) is 5.93. The molecule has 3 aromatic rings. The molecule has 354 valence electrons. The Labute approximate surface area is 395 Å². The van der Waals surface area contributed by atoms with Crippen molar-refractivity contribution >= 4 is 64.3 Å². The quantitative estimate of drug-likeness (QED) is 0.0663. The minimum Gasteiger partial charge on any atom is -0.346 e. The first-order valence-corrected chi connectivity index (χ1v) is 24.3. The molecule has 3 aliphatic rings. The van der Waals surface area contributed by atoms with Gasteiger partial charge in [-0.15, -0.1) is 0 Å². The van der Waals surface area contributed by atoms with E-state index < -0.39 is 6.04 Å². The predicted octanol–water partition coefficient (Wildman–Crippen LogP) is 8.73. The average molecular weight is 911 g/mol. The standard InChI is InChI=1S/C54H66N6O7/c1-4-27-59(28-5-2)54(67)44-29-37(3)56-46-33-43(23-22-42(46)32-44)53(66)57-45-30-40(34-55-35-45)19-24-49(62)47(31-38-13-9-8-10-14-38)58-50(63)16-12-7-6-11-15-48(61)41-20-17-39(18-21-41)36-60-51(64)25-26-52(60)65/h8-10,13-14,22-23,25-26,30,32-35,39,41,47H,4-7,11-12,15-21,24,27-29,31,36H2,1-3H3,(H,57,66)(H,58,63). The maximum Gasteiger partial charge on any atom is 0.255 e. The van der Waals surface area contributed by atoms with E-state index in [2.05, 4.69) is 29.5 Å². The molecular formula is C54H66N6O7. The number of carbonyl (C=O) groups excluding carboxylic acids is 7. The average Bonchev–Trinajstić information content (AvgIpc) is 3.53. The molecule has 6 rings (SSSR count). The summed E-state index contributed by atoms with van der Waals surface area (Å²) in [4.78, 5) is 103. The van der Waals surface area contributed by atoms with Crippen LogP contribution >= 0.6 is 0 Å². The van der Waals surface area contributed by atoms with E-state index in [0.29, 0.717) is 74.2 Å². The fourth-order valence-corrected chi connectivity index (χ4v) is 9.24. The lowest BCUT2D eigenvalue weighted by Gasteiger charge is -2.30. The first-order valence-electron chi connectivity index (χ1n) is 24.3. The molecule has 0 bridgehead atoms. The third kappa shape index (κ3) is 14.8. The molecule has 1 aliphatic carbocycles. The predicted molar refractivity (Wildman–Crippen MR) is 261 cm³/mol. The van der Waals surface area contributed by atoms with Gasteiger partial charge in [-0.1, -0.05) is 63.1 Å². The lowest BCUT2D eigenvalue weighted by molar-refractivity contribution is -0.138. The normalized spacial score (nSPS) is 17.2. The van der Waals surface area contributed by atoms with Gasteiger partial charge in [0.25, 0.3) is 17.7 Å². The van der Waals surface area contributed by atoms with Crippen LogP contribution in [0.2, 0.25) is 0 Å². The Kier molecular flexibility index (Phi) is 18.6. The Morgan fingerprint density at radius 3 is 2.21 bits per heavy atom. The Hall–Kier alpha value is -6.37. The van der Waals surface area contributed by atoms with E-state index in [0.717, 1.165) is 80.2 Å². The molecule has 0 radical (unpaired) electrons. The van der Waals surface area contributed by atoms with Gasteiger partial charge in [0.2, 0.25) is 11.8 Å². The second kappa shape index (κ2) is 25.0. The van der Waals surface area contributed by atoms with Crippen LogP contribution in [0.4, 0.5) is 11.4 Å². The van der Waals surface area contributed by atoms with Crippen molar-refractivity contribution in [3.8, 4) is 0 Å². The number of nitrogens with one attached hydrogen (secondary N) is 2. The van der Waals surface area contributed by atoms with Crippen LogP contribution in [-0.4, -0.2) is 87.3 Å². The molecule has 3 heterocycles. The molecule has 1 atom stereocenters. The second-order valence-electron chi connectivity index (χ2n) is 18.3. The number of aryl methyl sites for hydroxylation is 1. The smallest absolute Gasteiger partial charge is 0.255 e. The van der Waals surface area contributed by atoms with Crippen molar-refractivity contribution in [3.63, 3.8) is 0 Å². The van der Waals surface area contributed by atoms with Gasteiger partial charge < -0.3 is 15.5 Å². The van der Waals surface area contributed by atoms with Gasteiger partial charge in [-0.2, -0.15) is 0 Å². The highest BCUT2D eigenvalue weighted by atomic mass is 16.2. The summed E-state index contributed by atoms with van der Waals surface area (Å²) >= 11 is 0. The number of unbranched alkanes of at least 4 members (excludes halogenated alkanes) is 3. The van der Waals surface area contributed by atoms with Gasteiger partial charge in [-0.25, -0.2) is 0 Å². The second-order valence-corrected chi connectivity index (χ2v) is 18.3. The van der Waals surface area contributed by atoms with Gasteiger partial charge in [0.05, 0.1) is 23.6 Å². The van der Waals surface area contributed by atoms with Crippen molar-refractivity contribution in [3.05, 3.63) is 107 Å². The molecule has 2 aliphatic heterocycles. The van der Waals surface area contributed by atoms with Gasteiger partial charge in [-0.3, -0.25) is 48.4 Å². The fraction of sp³-hybridized carbons (Fsp3) is 0.463. The summed E-state index contributed by atoms with van der Waals surface area (Å²) in [5.74, 6) is -0.576. The highest BCUT2D eigenvalue weighted by Crippen LogP contribution is 2.32. The van der Waals surface area contributed by atoms with Crippen LogP contribution in [0.5, 0.6) is 0 Å². The van der Waals surface area contributed by atoms with Gasteiger partial charge in [0.1, 0.15) is 5.78 Å². The number of nitrogens with zero attached hydrogens (tertiary/aromatic N) is 4. The number of ketones is 2. The number of Topliss-reactive ketones (excluding diaryl/α,β-unsaturated/α-hetero) is 2. The third-order valence-electron chi connectivity index (χ3n) is 12.9. The van der Waals surface area contributed by atoms with Crippen LogP contribution < -0.4 is 10.6 Å². The van der Waals surface area contributed by atoms with Crippen molar-refractivity contribution < 1.29 is 33.6 Å². The van der Waals surface area contributed by atoms with E-state index in [-0.39, 0.29) is 65.8 Å². The highest BCUT2D eigenvalue weighted by Gasteiger charge is 2.31. The maximum absolute atomic E-state index is 13.7. The molecule has 0 spiro atoms. The zero-order valence-corrected chi connectivity index (χ0v) is 39.4. The first-order chi connectivity index (χ1) is 32.4. The number of aromatic nitrogens is 1. The monoisotopic (exact) mass is 910 g/mol. The largest absolute Gasteiger partial charge is 0.346 e. The lowest BCUT2D eigenvalue weighted by atomic mass is 9.79. The van der Waals surface area contributed by atoms with Gasteiger partial charge >= 0.3 is 0 Å². The highest BCUT2D eigenvalue weighted by molar-refractivity contribution is 6.13. The molecule has 1 unspecified atom stereocenters. The van der Waals surface area contributed by atoms with Crippen LogP contribution in [0.15, 0.2) is 89.7 Å². The number of carbonyl (C=O) groups is 7. The Morgan fingerprint density at radius 2 is 1.51 bits per heavy atom. The van der Waals surface area contributed by atoms with E-state index in [4.69, 9.17) is 4.99 Å². The van der Waals surface area contributed by atoms with Gasteiger partial charge in [-0.05, 0) is 112 Å². The number of rotatable bonds is 24. The first kappa shape index (κ1) is 50.1. The third-order valence-corrected chi connectivity index (χ3v) is 12.9. The van der Waals surface area contributed by atoms with E-state index in [9.17, 15) is 33.6 Å². The summed E-state index contributed by atoms with van der Waals surface area (Å²) in [7, 11) is 0. The van der Waals surface area contributed by atoms with Crippen molar-refractivity contribution in [1.82, 2.24) is 20.1 Å². The summed E-state index contributed by atoms with van der Waals surface area (Å²) in [6, 6.07) is 16.0. The molecule has 2 aromatic carbocycles. The van der Waals surface area contributed by atoms with Crippen LogP contribution in [0.1, 0.15) is 138 Å². The Bertz CT molecular complexity index is 2340. The number of amides is 5. The summed E-state index contributed by atoms with van der Waals surface area (Å²) in [6.45, 7) is 7.84. The molecule has 1 aromatic heterocycles. The molecule has 5 amide bonds. The molecule has 2 N–H and O–H groups in total. The SMILES string of the molecule is CCCN(CCC)C(=O)C1=Cc2ccc(C(=O)Nc3cncc(CCC(=O)C(Cc4ccccc4)NC(=O)CCCCCCC(=O)C4CCC(CN5C(=O)C=CC5=O)CC4)c3)cc2N=C(C)C1. The van der Waals surface area contributed by atoms with E-state index in [1.807, 2.05) is 54.3 Å². The Morgan fingerprint density at radius 1 is 0.806 bits per heavy atom. The summed E-state index contributed by atoms with van der Waals surface area (Å²) in [6.07, 6.45) is 17.9. The van der Waals surface area contributed by atoms with Crippen LogP contribution in [0, 0.1) is 11.8 Å². The number of benzene rings is 2. The molecule has 1 fully saturated rings. The van der Waals surface area contributed by atoms with E-state index >= 15 is 0 Å². The fourth-order valence-electron chi connectivity index (χ4n) is 9.24. The zero-order chi connectivity index (χ0) is 47.7. The van der Waals surface area contributed by atoms with Gasteiger partial charge in [0.15, 0.2) is 5.78 Å². The molecule has 67 heavy (non-hydrogen) atoms. The van der Waals surface area contributed by atoms with Gasteiger partial charge in [0, 0.05) is 92.0 Å². The van der Waals surface area contributed by atoms with E-state index in [1.54, 1.807) is 30.6 Å². The van der Waals surface area contributed by atoms with Crippen LogP contribution in [0.25, 0.3) is 6.08 Å². The van der Waals surface area contributed by atoms with Crippen molar-refractivity contribution in [2.45, 2.75) is 130 Å². The summed E-state index contributed by atoms with van der Waals surface area (Å²) < 4.78 is 0. The number of imide groups is 1. The Balaban J connectivity index is 0.951. The lowest BCUT2D eigenvalue weighted by Crippen LogP contribution is -2.42. The maximum atomic E-state index is 13.7. The molecule has 13 heteroatoms. The van der Waals surface area contributed by atoms with Crippen molar-refractivity contribution in [1.29, 1.82) is 0 Å². The molecular weight excluding hydrogens is 845 g/mol. The van der Waals surface area contributed by atoms with Crippen molar-refractivity contribution in [2.75, 3.05) is 25.0 Å². The van der Waals surface area contributed by atoms with Crippen LogP contribution in [0.3, 0.4) is 0 Å². The number of hydrogen-bond donors (Lipinski definition) is 2. The molecule has 0 saturated heterocycles. The number of anilines is 1. The number of aliphatic imine (C=N–C) groups is 1. The summed E-state index contributed by atoms with van der Waals surface area (Å²) in [5.41, 5.74) is 5.46.